The summed E-state index contributed by atoms with van der Waals surface area (Å²) in [6.45, 7) is 7.50. The lowest BCUT2D eigenvalue weighted by Gasteiger charge is -2.35. The summed E-state index contributed by atoms with van der Waals surface area (Å²) in [7, 11) is 0. The third-order valence-corrected chi connectivity index (χ3v) is 2.83. The van der Waals surface area contributed by atoms with E-state index in [4.69, 9.17) is 0 Å². The highest BCUT2D eigenvalue weighted by atomic mass is 35.5. The predicted molar refractivity (Wildman–Crippen MR) is 77.5 cm³/mol. The zero-order chi connectivity index (χ0) is 13.1. The maximum absolute atomic E-state index is 12.3. The summed E-state index contributed by atoms with van der Waals surface area (Å²) in [5.74, 6) is 0. The maximum Gasteiger partial charge on any atom is 0.401 e. The smallest absolute Gasteiger partial charge is 0.312 e. The molecule has 0 bridgehead atoms. The maximum atomic E-state index is 12.3. The summed E-state index contributed by atoms with van der Waals surface area (Å²) in [4.78, 5) is 1.50. The first-order valence-electron chi connectivity index (χ1n) is 6.18. The number of nitrogens with one attached hydrogen (secondary N) is 1. The van der Waals surface area contributed by atoms with Gasteiger partial charge in [-0.3, -0.25) is 4.90 Å². The van der Waals surface area contributed by atoms with Crippen LogP contribution in [-0.4, -0.2) is 43.3 Å². The zero-order valence-electron chi connectivity index (χ0n) is 11.7. The van der Waals surface area contributed by atoms with Crippen LogP contribution in [0.25, 0.3) is 0 Å². The molecule has 1 N–H and O–H groups in total. The van der Waals surface area contributed by atoms with Crippen LogP contribution in [0.15, 0.2) is 0 Å². The minimum Gasteiger partial charge on any atom is -0.312 e. The largest absolute Gasteiger partial charge is 0.401 e. The van der Waals surface area contributed by atoms with Crippen molar-refractivity contribution in [3.8, 4) is 0 Å². The van der Waals surface area contributed by atoms with Crippen molar-refractivity contribution in [2.75, 3.05) is 26.2 Å². The Labute approximate surface area is 126 Å². The van der Waals surface area contributed by atoms with Crippen molar-refractivity contribution in [2.24, 2.45) is 5.41 Å². The molecule has 0 spiro atoms. The number of rotatable bonds is 3. The van der Waals surface area contributed by atoms with Crippen molar-refractivity contribution in [3.05, 3.63) is 0 Å². The fraction of sp³-hybridized carbons (Fsp3) is 1.00. The molecule has 1 atom stereocenters. The molecule has 0 saturated carbocycles. The molecule has 1 rings (SSSR count). The van der Waals surface area contributed by atoms with Gasteiger partial charge in [0.1, 0.15) is 0 Å². The SMILES string of the molecule is CC(C)(C)CNC1CCCN(CC(F)(F)F)C1.Cl.Cl. The molecule has 1 saturated heterocycles. The third kappa shape index (κ3) is 10.7. The number of hydrogen-bond acceptors (Lipinski definition) is 2. The van der Waals surface area contributed by atoms with Crippen molar-refractivity contribution in [1.82, 2.24) is 10.2 Å². The lowest BCUT2D eigenvalue weighted by molar-refractivity contribution is -0.148. The first kappa shape index (κ1) is 21.6. The minimum absolute atomic E-state index is 0. The van der Waals surface area contributed by atoms with Gasteiger partial charge in [-0.2, -0.15) is 13.2 Å². The van der Waals surface area contributed by atoms with E-state index < -0.39 is 12.7 Å². The van der Waals surface area contributed by atoms with Crippen molar-refractivity contribution in [2.45, 2.75) is 45.8 Å². The summed E-state index contributed by atoms with van der Waals surface area (Å²) in [5.41, 5.74) is 0.173. The second-order valence-corrected chi connectivity index (χ2v) is 6.13. The summed E-state index contributed by atoms with van der Waals surface area (Å²) >= 11 is 0. The standard InChI is InChI=1S/C12H23F3N2.2ClH/c1-11(2,3)8-16-10-5-4-6-17(7-10)9-12(13,14)15;;/h10,16H,4-9H2,1-3H3;2*1H. The number of piperidine rings is 1. The van der Waals surface area contributed by atoms with Crippen LogP contribution < -0.4 is 5.32 Å². The van der Waals surface area contributed by atoms with Crippen LogP contribution in [-0.2, 0) is 0 Å². The Morgan fingerprint density at radius 3 is 2.21 bits per heavy atom. The highest BCUT2D eigenvalue weighted by Gasteiger charge is 2.33. The molecule has 1 aliphatic rings. The van der Waals surface area contributed by atoms with Gasteiger partial charge in [-0.25, -0.2) is 0 Å². The second kappa shape index (κ2) is 8.55. The van der Waals surface area contributed by atoms with Gasteiger partial charge in [-0.15, -0.1) is 24.8 Å². The van der Waals surface area contributed by atoms with Gasteiger partial charge in [-0.05, 0) is 24.8 Å². The Balaban J connectivity index is 0. The quantitative estimate of drug-likeness (QED) is 0.854. The Morgan fingerprint density at radius 1 is 1.16 bits per heavy atom. The number of hydrogen-bond donors (Lipinski definition) is 1. The molecule has 0 amide bonds. The normalized spacial score (nSPS) is 21.5. The lowest BCUT2D eigenvalue weighted by atomic mass is 9.95. The molecule has 1 heterocycles. The van der Waals surface area contributed by atoms with Crippen molar-refractivity contribution < 1.29 is 13.2 Å². The Morgan fingerprint density at radius 2 is 1.74 bits per heavy atom. The van der Waals surface area contributed by atoms with Crippen LogP contribution >= 0.6 is 24.8 Å². The van der Waals surface area contributed by atoms with E-state index in [0.717, 1.165) is 19.4 Å². The molecular formula is C12H25Cl2F3N2. The summed E-state index contributed by atoms with van der Waals surface area (Å²) < 4.78 is 36.8. The van der Waals surface area contributed by atoms with Crippen molar-refractivity contribution >= 4 is 24.8 Å². The molecule has 1 aliphatic heterocycles. The molecule has 0 aromatic rings. The van der Waals surface area contributed by atoms with Gasteiger partial charge in [0.05, 0.1) is 6.54 Å². The molecule has 0 radical (unpaired) electrons. The topological polar surface area (TPSA) is 15.3 Å². The molecule has 19 heavy (non-hydrogen) atoms. The van der Waals surface area contributed by atoms with Crippen LogP contribution in [0.2, 0.25) is 0 Å². The van der Waals surface area contributed by atoms with Crippen molar-refractivity contribution in [1.29, 1.82) is 0 Å². The van der Waals surface area contributed by atoms with Gasteiger partial charge in [-0.1, -0.05) is 20.8 Å². The first-order chi connectivity index (χ1) is 7.66. The van der Waals surface area contributed by atoms with E-state index in [2.05, 4.69) is 26.1 Å². The summed E-state index contributed by atoms with van der Waals surface area (Å²) in [6.07, 6.45) is -2.26. The van der Waals surface area contributed by atoms with Gasteiger partial charge in [0, 0.05) is 19.1 Å². The first-order valence-corrected chi connectivity index (χ1v) is 6.18. The minimum atomic E-state index is -4.08. The number of alkyl halides is 3. The fourth-order valence-electron chi connectivity index (χ4n) is 2.07. The molecule has 118 valence electrons. The average Bonchev–Trinajstić information content (AvgIpc) is 2.11. The molecule has 2 nitrogen and oxygen atoms in total. The van der Waals surface area contributed by atoms with E-state index in [1.165, 1.54) is 4.90 Å². The van der Waals surface area contributed by atoms with Gasteiger partial charge in [0.15, 0.2) is 0 Å². The zero-order valence-corrected chi connectivity index (χ0v) is 13.4. The molecule has 1 unspecified atom stereocenters. The van der Waals surface area contributed by atoms with Crippen LogP contribution in [0.3, 0.4) is 0 Å². The van der Waals surface area contributed by atoms with E-state index in [9.17, 15) is 13.2 Å². The van der Waals surface area contributed by atoms with Crippen LogP contribution in [0, 0.1) is 5.41 Å². The Hall–Kier alpha value is 0.290. The molecule has 7 heteroatoms. The van der Waals surface area contributed by atoms with Gasteiger partial charge in [0.25, 0.3) is 0 Å². The van der Waals surface area contributed by atoms with E-state index in [-0.39, 0.29) is 36.3 Å². The average molecular weight is 325 g/mol. The van der Waals surface area contributed by atoms with E-state index in [1.807, 2.05) is 0 Å². The second-order valence-electron chi connectivity index (χ2n) is 6.13. The lowest BCUT2D eigenvalue weighted by Crippen LogP contribution is -2.49. The van der Waals surface area contributed by atoms with Gasteiger partial charge in [0.2, 0.25) is 0 Å². The molecule has 0 aromatic carbocycles. The monoisotopic (exact) mass is 324 g/mol. The van der Waals surface area contributed by atoms with Crippen LogP contribution in [0.4, 0.5) is 13.2 Å². The van der Waals surface area contributed by atoms with Crippen LogP contribution in [0.5, 0.6) is 0 Å². The van der Waals surface area contributed by atoms with E-state index in [0.29, 0.717) is 13.1 Å². The van der Waals surface area contributed by atoms with E-state index >= 15 is 0 Å². The number of likely N-dealkylation sites (tertiary alicyclic amines) is 1. The number of nitrogens with zero attached hydrogens (tertiary/aromatic N) is 1. The molecule has 0 aromatic heterocycles. The van der Waals surface area contributed by atoms with E-state index in [1.54, 1.807) is 0 Å². The number of halogens is 5. The summed E-state index contributed by atoms with van der Waals surface area (Å²) in [6, 6.07) is 0.199. The highest BCUT2D eigenvalue weighted by molar-refractivity contribution is 5.85. The Kier molecular flexibility index (Phi) is 9.71. The highest BCUT2D eigenvalue weighted by Crippen LogP contribution is 2.20. The third-order valence-electron chi connectivity index (χ3n) is 2.83. The molecule has 0 aliphatic carbocycles. The van der Waals surface area contributed by atoms with Crippen molar-refractivity contribution in [3.63, 3.8) is 0 Å². The molecular weight excluding hydrogens is 300 g/mol. The van der Waals surface area contributed by atoms with Gasteiger partial charge >= 0.3 is 6.18 Å². The Bertz CT molecular complexity index is 242. The molecule has 1 fully saturated rings. The fourth-order valence-corrected chi connectivity index (χ4v) is 2.07. The van der Waals surface area contributed by atoms with Gasteiger partial charge < -0.3 is 5.32 Å². The predicted octanol–water partition coefficient (Wildman–Crippen LogP) is 3.49. The summed E-state index contributed by atoms with van der Waals surface area (Å²) in [5, 5.41) is 3.37. The van der Waals surface area contributed by atoms with Crippen LogP contribution in [0.1, 0.15) is 33.6 Å².